The number of carbonyl (C=O) groups excluding carboxylic acids is 1. The van der Waals surface area contributed by atoms with E-state index >= 15 is 0 Å². The number of methoxy groups -OCH3 is 1. The molecule has 0 aliphatic heterocycles. The standard InChI is InChI=1S/C16H14N2O3S2/c1-20-15(19)14(11-6-3-2-4-7-11)23-16-18-17-13(21-16)10-12-8-5-9-22-12/h2-9,14H,10H2,1H3/t14-/m1/s1. The summed E-state index contributed by atoms with van der Waals surface area (Å²) < 4.78 is 10.5. The molecule has 0 unspecified atom stereocenters. The number of benzene rings is 1. The Labute approximate surface area is 141 Å². The van der Waals surface area contributed by atoms with Gasteiger partial charge in [-0.05, 0) is 28.8 Å². The van der Waals surface area contributed by atoms with Gasteiger partial charge in [0.25, 0.3) is 5.22 Å². The molecule has 0 aliphatic rings. The molecule has 7 heteroatoms. The molecule has 0 spiro atoms. The van der Waals surface area contributed by atoms with Crippen molar-refractivity contribution in [3.05, 3.63) is 64.2 Å². The summed E-state index contributed by atoms with van der Waals surface area (Å²) in [6, 6.07) is 13.4. The minimum Gasteiger partial charge on any atom is -0.468 e. The van der Waals surface area contributed by atoms with E-state index in [0.29, 0.717) is 17.5 Å². The quantitative estimate of drug-likeness (QED) is 0.500. The van der Waals surface area contributed by atoms with Gasteiger partial charge in [-0.15, -0.1) is 21.5 Å². The van der Waals surface area contributed by atoms with Crippen LogP contribution in [0, 0.1) is 0 Å². The lowest BCUT2D eigenvalue weighted by atomic mass is 10.1. The number of carbonyl (C=O) groups is 1. The van der Waals surface area contributed by atoms with Crippen LogP contribution in [0.25, 0.3) is 0 Å². The maximum Gasteiger partial charge on any atom is 0.323 e. The summed E-state index contributed by atoms with van der Waals surface area (Å²) in [6.45, 7) is 0. The Morgan fingerprint density at radius 3 is 2.78 bits per heavy atom. The molecule has 0 amide bonds. The first-order valence-corrected chi connectivity index (χ1v) is 8.66. The number of nitrogens with zero attached hydrogens (tertiary/aromatic N) is 2. The van der Waals surface area contributed by atoms with E-state index in [1.54, 1.807) is 11.3 Å². The number of rotatable bonds is 6. The highest BCUT2D eigenvalue weighted by atomic mass is 32.2. The average Bonchev–Trinajstić information content (AvgIpc) is 3.25. The smallest absolute Gasteiger partial charge is 0.323 e. The van der Waals surface area contributed by atoms with E-state index in [2.05, 4.69) is 10.2 Å². The largest absolute Gasteiger partial charge is 0.468 e. The first-order valence-electron chi connectivity index (χ1n) is 6.90. The fraction of sp³-hybridized carbons (Fsp3) is 0.188. The van der Waals surface area contributed by atoms with E-state index in [9.17, 15) is 4.79 Å². The van der Waals surface area contributed by atoms with E-state index in [0.717, 1.165) is 10.4 Å². The molecular formula is C16H14N2O3S2. The zero-order chi connectivity index (χ0) is 16.1. The highest BCUT2D eigenvalue weighted by molar-refractivity contribution is 8.00. The van der Waals surface area contributed by atoms with Gasteiger partial charge in [-0.3, -0.25) is 4.79 Å². The number of ether oxygens (including phenoxy) is 1. The fourth-order valence-electron chi connectivity index (χ4n) is 2.01. The minimum atomic E-state index is -0.531. The molecule has 0 bridgehead atoms. The van der Waals surface area contributed by atoms with Crippen LogP contribution in [-0.4, -0.2) is 23.3 Å². The Hall–Kier alpha value is -2.12. The lowest BCUT2D eigenvalue weighted by Gasteiger charge is -2.11. The van der Waals surface area contributed by atoms with Gasteiger partial charge in [-0.25, -0.2) is 0 Å². The highest BCUT2D eigenvalue weighted by Crippen LogP contribution is 2.35. The van der Waals surface area contributed by atoms with Gasteiger partial charge in [0, 0.05) is 4.88 Å². The monoisotopic (exact) mass is 346 g/mol. The predicted molar refractivity (Wildman–Crippen MR) is 88.5 cm³/mol. The van der Waals surface area contributed by atoms with E-state index in [1.807, 2.05) is 47.8 Å². The number of esters is 1. The Bertz CT molecular complexity index is 757. The maximum absolute atomic E-state index is 12.0. The van der Waals surface area contributed by atoms with E-state index in [-0.39, 0.29) is 5.97 Å². The normalized spacial score (nSPS) is 12.0. The molecule has 0 fully saturated rings. The number of hydrogen-bond acceptors (Lipinski definition) is 7. The van der Waals surface area contributed by atoms with Crippen molar-refractivity contribution in [2.45, 2.75) is 16.9 Å². The molecule has 3 aromatic rings. The first-order chi connectivity index (χ1) is 11.3. The SMILES string of the molecule is COC(=O)[C@H](Sc1nnc(Cc2cccs2)o1)c1ccccc1. The second-order valence-corrected chi connectivity index (χ2v) is 6.74. The summed E-state index contributed by atoms with van der Waals surface area (Å²) in [5, 5.41) is 9.89. The van der Waals surface area contributed by atoms with Crippen LogP contribution >= 0.6 is 23.1 Å². The summed E-state index contributed by atoms with van der Waals surface area (Å²) in [5.41, 5.74) is 0.836. The molecule has 2 aromatic heterocycles. The van der Waals surface area contributed by atoms with Crippen molar-refractivity contribution in [3.8, 4) is 0 Å². The zero-order valence-corrected chi connectivity index (χ0v) is 14.0. The maximum atomic E-state index is 12.0. The van der Waals surface area contributed by atoms with Crippen molar-refractivity contribution in [3.63, 3.8) is 0 Å². The molecule has 118 valence electrons. The zero-order valence-electron chi connectivity index (χ0n) is 12.3. The van der Waals surface area contributed by atoms with Crippen LogP contribution in [0.5, 0.6) is 0 Å². The summed E-state index contributed by atoms with van der Waals surface area (Å²) in [5.74, 6) is 0.186. The molecule has 0 saturated carbocycles. The highest BCUT2D eigenvalue weighted by Gasteiger charge is 2.25. The van der Waals surface area contributed by atoms with Crippen molar-refractivity contribution in [2.75, 3.05) is 7.11 Å². The van der Waals surface area contributed by atoms with E-state index in [4.69, 9.17) is 9.15 Å². The fourth-order valence-corrected chi connectivity index (χ4v) is 3.62. The Balaban J connectivity index is 1.75. The lowest BCUT2D eigenvalue weighted by molar-refractivity contribution is -0.140. The molecule has 3 rings (SSSR count). The summed E-state index contributed by atoms with van der Waals surface area (Å²) in [6.07, 6.45) is 0.597. The summed E-state index contributed by atoms with van der Waals surface area (Å²) >= 11 is 2.83. The molecule has 0 radical (unpaired) electrons. The van der Waals surface area contributed by atoms with Crippen LogP contribution in [0.4, 0.5) is 0 Å². The van der Waals surface area contributed by atoms with Gasteiger partial charge in [0.1, 0.15) is 5.25 Å². The molecular weight excluding hydrogens is 332 g/mol. The van der Waals surface area contributed by atoms with Crippen molar-refractivity contribution in [2.24, 2.45) is 0 Å². The molecule has 23 heavy (non-hydrogen) atoms. The van der Waals surface area contributed by atoms with Crippen LogP contribution in [-0.2, 0) is 16.0 Å². The third-order valence-corrected chi connectivity index (χ3v) is 5.03. The van der Waals surface area contributed by atoms with Gasteiger partial charge < -0.3 is 9.15 Å². The Kier molecular flexibility index (Phi) is 5.09. The van der Waals surface area contributed by atoms with E-state index < -0.39 is 5.25 Å². The van der Waals surface area contributed by atoms with Crippen LogP contribution in [0.2, 0.25) is 0 Å². The summed E-state index contributed by atoms with van der Waals surface area (Å²) in [4.78, 5) is 13.2. The number of thiophene rings is 1. The van der Waals surface area contributed by atoms with Gasteiger partial charge >= 0.3 is 5.97 Å². The third-order valence-electron chi connectivity index (χ3n) is 3.09. The molecule has 2 heterocycles. The molecule has 1 atom stereocenters. The van der Waals surface area contributed by atoms with Crippen LogP contribution in [0.1, 0.15) is 21.6 Å². The Morgan fingerprint density at radius 2 is 2.09 bits per heavy atom. The molecule has 1 aromatic carbocycles. The van der Waals surface area contributed by atoms with Crippen LogP contribution < -0.4 is 0 Å². The van der Waals surface area contributed by atoms with Gasteiger partial charge in [-0.1, -0.05) is 36.4 Å². The lowest BCUT2D eigenvalue weighted by Crippen LogP contribution is -2.11. The number of hydrogen-bond donors (Lipinski definition) is 0. The second-order valence-electron chi connectivity index (χ2n) is 4.65. The van der Waals surface area contributed by atoms with Crippen LogP contribution in [0.3, 0.4) is 0 Å². The van der Waals surface area contributed by atoms with Crippen molar-refractivity contribution < 1.29 is 13.9 Å². The van der Waals surface area contributed by atoms with Gasteiger partial charge in [0.2, 0.25) is 5.89 Å². The van der Waals surface area contributed by atoms with Gasteiger partial charge in [0.05, 0.1) is 13.5 Å². The van der Waals surface area contributed by atoms with Crippen LogP contribution in [0.15, 0.2) is 57.5 Å². The first kappa shape index (κ1) is 15.8. The third kappa shape index (κ3) is 4.00. The van der Waals surface area contributed by atoms with E-state index in [1.165, 1.54) is 18.9 Å². The van der Waals surface area contributed by atoms with Crippen molar-refractivity contribution in [1.82, 2.24) is 10.2 Å². The van der Waals surface area contributed by atoms with Gasteiger partial charge in [0.15, 0.2) is 0 Å². The molecule has 0 N–H and O–H groups in total. The predicted octanol–water partition coefficient (Wildman–Crippen LogP) is 3.73. The summed E-state index contributed by atoms with van der Waals surface area (Å²) in [7, 11) is 1.37. The molecule has 0 aliphatic carbocycles. The average molecular weight is 346 g/mol. The Morgan fingerprint density at radius 1 is 1.26 bits per heavy atom. The van der Waals surface area contributed by atoms with Crippen molar-refractivity contribution in [1.29, 1.82) is 0 Å². The number of thioether (sulfide) groups is 1. The molecule has 5 nitrogen and oxygen atoms in total. The van der Waals surface area contributed by atoms with Gasteiger partial charge in [-0.2, -0.15) is 0 Å². The second kappa shape index (κ2) is 7.43. The topological polar surface area (TPSA) is 65.2 Å². The minimum absolute atomic E-state index is 0.348. The van der Waals surface area contributed by atoms with Crippen molar-refractivity contribution >= 4 is 29.1 Å². The molecule has 0 saturated heterocycles. The number of aromatic nitrogens is 2.